The van der Waals surface area contributed by atoms with Gasteiger partial charge in [0.2, 0.25) is 0 Å². The van der Waals surface area contributed by atoms with Crippen molar-refractivity contribution in [1.29, 1.82) is 0 Å². The molecule has 4 rings (SSSR count). The van der Waals surface area contributed by atoms with E-state index < -0.39 is 0 Å². The number of rotatable bonds is 5. The lowest BCUT2D eigenvalue weighted by molar-refractivity contribution is 0.0691. The van der Waals surface area contributed by atoms with Crippen molar-refractivity contribution in [2.45, 2.75) is 19.3 Å². The van der Waals surface area contributed by atoms with Gasteiger partial charge in [-0.25, -0.2) is 4.39 Å². The molecule has 0 aliphatic carbocycles. The number of carbonyl (C=O) groups is 2. The molecule has 2 heterocycles. The minimum atomic E-state index is -0.329. The molecule has 32 heavy (non-hydrogen) atoms. The summed E-state index contributed by atoms with van der Waals surface area (Å²) in [5, 5.41) is 0. The second-order valence-corrected chi connectivity index (χ2v) is 8.84. The fourth-order valence-electron chi connectivity index (χ4n) is 4.16. The number of furan rings is 1. The lowest BCUT2D eigenvalue weighted by atomic mass is 9.90. The number of hydrogen-bond acceptors (Lipinski definition) is 3. The molecular weight excluding hydrogens is 475 g/mol. The molecule has 1 aliphatic rings. The Morgan fingerprint density at radius 1 is 1.09 bits per heavy atom. The highest BCUT2D eigenvalue weighted by Gasteiger charge is 2.27. The number of likely N-dealkylation sites (tertiary alicyclic amines) is 1. The van der Waals surface area contributed by atoms with Gasteiger partial charge in [0.15, 0.2) is 10.4 Å². The van der Waals surface area contributed by atoms with Crippen molar-refractivity contribution in [2.24, 2.45) is 5.92 Å². The summed E-state index contributed by atoms with van der Waals surface area (Å²) in [5.74, 6) is -0.0281. The Morgan fingerprint density at radius 2 is 1.84 bits per heavy atom. The fourth-order valence-corrected chi connectivity index (χ4v) is 4.47. The highest BCUT2D eigenvalue weighted by Crippen LogP contribution is 2.27. The predicted molar refractivity (Wildman–Crippen MR) is 124 cm³/mol. The van der Waals surface area contributed by atoms with Gasteiger partial charge in [-0.2, -0.15) is 0 Å². The molecule has 1 aliphatic heterocycles. The van der Waals surface area contributed by atoms with Crippen LogP contribution in [-0.4, -0.2) is 36.9 Å². The van der Waals surface area contributed by atoms with E-state index in [9.17, 15) is 14.0 Å². The van der Waals surface area contributed by atoms with E-state index in [2.05, 4.69) is 15.9 Å². The van der Waals surface area contributed by atoms with Gasteiger partial charge in [0, 0.05) is 20.1 Å². The number of hydrogen-bond donors (Lipinski definition) is 0. The first-order valence-corrected chi connectivity index (χ1v) is 11.4. The van der Waals surface area contributed by atoms with Gasteiger partial charge in [-0.15, -0.1) is 0 Å². The van der Waals surface area contributed by atoms with Crippen LogP contribution in [0.1, 0.15) is 39.3 Å². The van der Waals surface area contributed by atoms with Crippen LogP contribution in [0.25, 0.3) is 0 Å². The van der Waals surface area contributed by atoms with Gasteiger partial charge in [0.25, 0.3) is 11.8 Å². The summed E-state index contributed by atoms with van der Waals surface area (Å²) in [6, 6.07) is 17.1. The summed E-state index contributed by atoms with van der Waals surface area (Å²) in [5.41, 5.74) is 2.01. The molecule has 2 amide bonds. The summed E-state index contributed by atoms with van der Waals surface area (Å²) in [6.07, 6.45) is 2.53. The Kier molecular flexibility index (Phi) is 6.74. The number of amides is 2. The van der Waals surface area contributed by atoms with Crippen molar-refractivity contribution in [1.82, 2.24) is 4.90 Å². The first-order chi connectivity index (χ1) is 15.4. The Morgan fingerprint density at radius 3 is 2.53 bits per heavy atom. The predicted octanol–water partition coefficient (Wildman–Crippen LogP) is 5.55. The molecule has 0 N–H and O–H groups in total. The minimum Gasteiger partial charge on any atom is -0.444 e. The Hall–Kier alpha value is -2.93. The third kappa shape index (κ3) is 4.93. The monoisotopic (exact) mass is 498 g/mol. The fraction of sp³-hybridized carbons (Fsp3) is 0.280. The molecule has 5 nitrogen and oxygen atoms in total. The van der Waals surface area contributed by atoms with E-state index in [4.69, 9.17) is 4.42 Å². The van der Waals surface area contributed by atoms with E-state index >= 15 is 0 Å². The summed E-state index contributed by atoms with van der Waals surface area (Å²) < 4.78 is 19.3. The summed E-state index contributed by atoms with van der Waals surface area (Å²) in [6.45, 7) is 1.27. The number of benzene rings is 2. The topological polar surface area (TPSA) is 53.8 Å². The highest BCUT2D eigenvalue weighted by atomic mass is 79.9. The van der Waals surface area contributed by atoms with Crippen molar-refractivity contribution in [3.8, 4) is 0 Å². The van der Waals surface area contributed by atoms with Gasteiger partial charge in [-0.05, 0) is 83.1 Å². The van der Waals surface area contributed by atoms with Gasteiger partial charge in [-0.1, -0.05) is 24.3 Å². The molecule has 0 spiro atoms. The maximum atomic E-state index is 13.5. The Balaban J connectivity index is 1.43. The molecular formula is C25H24BrFN2O3. The van der Waals surface area contributed by atoms with Crippen LogP contribution in [0.4, 0.5) is 10.1 Å². The number of piperidine rings is 1. The quantitative estimate of drug-likeness (QED) is 0.463. The zero-order valence-corrected chi connectivity index (χ0v) is 19.3. The Bertz CT molecular complexity index is 1120. The van der Waals surface area contributed by atoms with E-state index in [1.807, 2.05) is 11.0 Å². The molecule has 1 fully saturated rings. The number of para-hydroxylation sites is 1. The van der Waals surface area contributed by atoms with Gasteiger partial charge in [0.05, 0.1) is 11.3 Å². The molecule has 0 atom stereocenters. The summed E-state index contributed by atoms with van der Waals surface area (Å²) >= 11 is 3.21. The summed E-state index contributed by atoms with van der Waals surface area (Å²) in [7, 11) is 1.64. The maximum absolute atomic E-state index is 13.5. The van der Waals surface area contributed by atoms with Crippen molar-refractivity contribution in [2.75, 3.05) is 25.0 Å². The zero-order chi connectivity index (χ0) is 22.7. The molecule has 1 aromatic heterocycles. The molecule has 1 saturated heterocycles. The molecule has 0 saturated carbocycles. The number of carbonyl (C=O) groups excluding carboxylic acids is 2. The average Bonchev–Trinajstić information content (AvgIpc) is 3.24. The molecule has 0 bridgehead atoms. The van der Waals surface area contributed by atoms with E-state index in [0.717, 1.165) is 24.8 Å². The van der Waals surface area contributed by atoms with Gasteiger partial charge in [-0.3, -0.25) is 9.59 Å². The summed E-state index contributed by atoms with van der Waals surface area (Å²) in [4.78, 5) is 29.4. The van der Waals surface area contributed by atoms with Crippen LogP contribution in [-0.2, 0) is 6.42 Å². The third-order valence-electron chi connectivity index (χ3n) is 5.90. The average molecular weight is 499 g/mol. The van der Waals surface area contributed by atoms with Gasteiger partial charge >= 0.3 is 0 Å². The van der Waals surface area contributed by atoms with E-state index in [0.29, 0.717) is 34.9 Å². The molecule has 7 heteroatoms. The maximum Gasteiger partial charge on any atom is 0.293 e. The largest absolute Gasteiger partial charge is 0.444 e. The second-order valence-electron chi connectivity index (χ2n) is 8.05. The van der Waals surface area contributed by atoms with Crippen LogP contribution in [0.15, 0.2) is 69.8 Å². The first-order valence-electron chi connectivity index (χ1n) is 10.6. The van der Waals surface area contributed by atoms with Crippen LogP contribution in [0.2, 0.25) is 0 Å². The smallest absolute Gasteiger partial charge is 0.293 e. The molecule has 2 aromatic carbocycles. The molecule has 0 radical (unpaired) electrons. The van der Waals surface area contributed by atoms with Gasteiger partial charge < -0.3 is 14.2 Å². The molecule has 3 aromatic rings. The highest BCUT2D eigenvalue weighted by molar-refractivity contribution is 9.10. The van der Waals surface area contributed by atoms with Crippen LogP contribution in [0, 0.1) is 11.7 Å². The first kappa shape index (κ1) is 22.3. The SMILES string of the molecule is CN(C(=O)c1ccc(Br)o1)c1ccccc1C(=O)N1CCC(Cc2cccc(F)c2)CC1. The standard InChI is InChI=1S/C25H24BrFN2O3/c1-28(25(31)22-9-10-23(26)32-22)21-8-3-2-7-20(21)24(30)29-13-11-17(12-14-29)15-18-5-4-6-19(27)16-18/h2-10,16-17H,11-15H2,1H3. The van der Waals surface area contributed by atoms with Crippen LogP contribution < -0.4 is 4.90 Å². The normalized spacial score (nSPS) is 14.4. The minimum absolute atomic E-state index is 0.0925. The van der Waals surface area contributed by atoms with E-state index in [1.54, 1.807) is 55.6 Å². The van der Waals surface area contributed by atoms with Gasteiger partial charge in [0.1, 0.15) is 5.82 Å². The second kappa shape index (κ2) is 9.69. The number of halogens is 2. The van der Waals surface area contributed by atoms with Crippen LogP contribution in [0.5, 0.6) is 0 Å². The Labute approximate surface area is 194 Å². The van der Waals surface area contributed by atoms with Crippen LogP contribution in [0.3, 0.4) is 0 Å². The lowest BCUT2D eigenvalue weighted by Gasteiger charge is -2.33. The molecule has 166 valence electrons. The zero-order valence-electron chi connectivity index (χ0n) is 17.8. The molecule has 0 unspecified atom stereocenters. The van der Waals surface area contributed by atoms with Crippen molar-refractivity contribution >= 4 is 33.4 Å². The lowest BCUT2D eigenvalue weighted by Crippen LogP contribution is -2.40. The van der Waals surface area contributed by atoms with Crippen molar-refractivity contribution in [3.05, 3.63) is 88.0 Å². The van der Waals surface area contributed by atoms with E-state index in [1.165, 1.54) is 11.0 Å². The van der Waals surface area contributed by atoms with Crippen molar-refractivity contribution < 1.29 is 18.4 Å². The van der Waals surface area contributed by atoms with Crippen LogP contribution >= 0.6 is 15.9 Å². The van der Waals surface area contributed by atoms with E-state index in [-0.39, 0.29) is 23.4 Å². The van der Waals surface area contributed by atoms with Crippen molar-refractivity contribution in [3.63, 3.8) is 0 Å². The third-order valence-corrected chi connectivity index (χ3v) is 6.33. The number of nitrogens with zero attached hydrogens (tertiary/aromatic N) is 2. The number of anilines is 1.